The van der Waals surface area contributed by atoms with Crippen molar-refractivity contribution in [3.63, 3.8) is 0 Å². The second-order valence-corrected chi connectivity index (χ2v) is 5.85. The number of fused-ring (bicyclic) bond motifs is 3. The largest absolute Gasteiger partial charge is 0.465 e. The van der Waals surface area contributed by atoms with Gasteiger partial charge >= 0.3 is 5.63 Å². The Morgan fingerprint density at radius 2 is 1.83 bits per heavy atom. The van der Waals surface area contributed by atoms with Crippen LogP contribution in [0.4, 0.5) is 5.69 Å². The number of rotatable bonds is 2. The second-order valence-electron chi connectivity index (χ2n) is 5.85. The van der Waals surface area contributed by atoms with Gasteiger partial charge in [-0.15, -0.1) is 0 Å². The molecule has 0 fully saturated rings. The number of hydrogen-bond donors (Lipinski definition) is 0. The second kappa shape index (κ2) is 5.89. The highest BCUT2D eigenvalue weighted by Gasteiger charge is 2.25. The molecular weight excluding hydrogens is 302 g/mol. The summed E-state index contributed by atoms with van der Waals surface area (Å²) in [5.41, 5.74) is 2.66. The van der Waals surface area contributed by atoms with Crippen LogP contribution in [0.2, 0.25) is 0 Å². The maximum absolute atomic E-state index is 12.6. The lowest BCUT2D eigenvalue weighted by Gasteiger charge is -2.29. The summed E-state index contributed by atoms with van der Waals surface area (Å²) >= 11 is 0. The zero-order valence-electron chi connectivity index (χ0n) is 13.4. The van der Waals surface area contributed by atoms with Crippen molar-refractivity contribution in [1.29, 1.82) is 0 Å². The van der Waals surface area contributed by atoms with Gasteiger partial charge in [0.1, 0.15) is 11.3 Å². The van der Waals surface area contributed by atoms with Crippen molar-refractivity contribution in [1.82, 2.24) is 0 Å². The van der Waals surface area contributed by atoms with Crippen LogP contribution in [0, 0.1) is 0 Å². The summed E-state index contributed by atoms with van der Waals surface area (Å²) in [4.78, 5) is 14.7. The van der Waals surface area contributed by atoms with Crippen LogP contribution in [-0.2, 0) is 0 Å². The summed E-state index contributed by atoms with van der Waals surface area (Å²) in [7, 11) is 2.00. The lowest BCUT2D eigenvalue weighted by atomic mass is 9.97. The highest BCUT2D eigenvalue weighted by atomic mass is 16.5. The van der Waals surface area contributed by atoms with Gasteiger partial charge in [0, 0.05) is 24.6 Å². The maximum atomic E-state index is 12.6. The van der Waals surface area contributed by atoms with Crippen LogP contribution in [-0.4, -0.2) is 13.6 Å². The SMILES string of the molecule is CN1CC/C(=C\Oc2ccccc2)c2c1c1ccccc1oc2=O. The van der Waals surface area contributed by atoms with E-state index in [0.717, 1.165) is 35.4 Å². The van der Waals surface area contributed by atoms with Gasteiger partial charge in [-0.3, -0.25) is 0 Å². The van der Waals surface area contributed by atoms with Gasteiger partial charge in [0.15, 0.2) is 0 Å². The first-order valence-electron chi connectivity index (χ1n) is 7.92. The Morgan fingerprint density at radius 3 is 2.67 bits per heavy atom. The Kier molecular flexibility index (Phi) is 3.58. The molecule has 0 saturated heterocycles. The Balaban J connectivity index is 1.86. The molecule has 0 bridgehead atoms. The molecule has 0 atom stereocenters. The Morgan fingerprint density at radius 1 is 1.08 bits per heavy atom. The van der Waals surface area contributed by atoms with Crippen LogP contribution < -0.4 is 15.3 Å². The highest BCUT2D eigenvalue weighted by molar-refractivity contribution is 5.97. The minimum absolute atomic E-state index is 0.321. The van der Waals surface area contributed by atoms with Gasteiger partial charge in [-0.25, -0.2) is 4.79 Å². The van der Waals surface area contributed by atoms with Crippen LogP contribution in [0.1, 0.15) is 12.0 Å². The minimum Gasteiger partial charge on any atom is -0.465 e. The third-order valence-electron chi connectivity index (χ3n) is 4.29. The van der Waals surface area contributed by atoms with Gasteiger partial charge in [-0.1, -0.05) is 30.3 Å². The van der Waals surface area contributed by atoms with Crippen LogP contribution in [0.15, 0.2) is 70.1 Å². The molecule has 120 valence electrons. The van der Waals surface area contributed by atoms with Gasteiger partial charge < -0.3 is 14.1 Å². The van der Waals surface area contributed by atoms with Crippen LogP contribution >= 0.6 is 0 Å². The molecule has 0 aliphatic carbocycles. The van der Waals surface area contributed by atoms with Crippen molar-refractivity contribution in [3.8, 4) is 5.75 Å². The van der Waals surface area contributed by atoms with E-state index in [0.29, 0.717) is 11.1 Å². The van der Waals surface area contributed by atoms with Gasteiger partial charge in [0.25, 0.3) is 0 Å². The van der Waals surface area contributed by atoms with E-state index < -0.39 is 0 Å². The number of benzene rings is 2. The Labute approximate surface area is 139 Å². The molecule has 1 aliphatic heterocycles. The summed E-state index contributed by atoms with van der Waals surface area (Å²) in [5.74, 6) is 0.746. The van der Waals surface area contributed by atoms with E-state index in [4.69, 9.17) is 9.15 Å². The molecule has 0 spiro atoms. The quantitative estimate of drug-likeness (QED) is 0.528. The van der Waals surface area contributed by atoms with Crippen molar-refractivity contribution in [2.24, 2.45) is 0 Å². The molecule has 0 N–H and O–H groups in total. The van der Waals surface area contributed by atoms with Gasteiger partial charge in [-0.05, 0) is 30.7 Å². The van der Waals surface area contributed by atoms with E-state index in [1.165, 1.54) is 0 Å². The summed E-state index contributed by atoms with van der Waals surface area (Å²) in [5, 5.41) is 0.944. The van der Waals surface area contributed by atoms with E-state index in [-0.39, 0.29) is 5.63 Å². The Bertz CT molecular complexity index is 973. The first-order chi connectivity index (χ1) is 11.7. The molecule has 4 nitrogen and oxygen atoms in total. The molecule has 1 aliphatic rings. The van der Waals surface area contributed by atoms with Crippen LogP contribution in [0.5, 0.6) is 5.75 Å². The molecule has 0 unspecified atom stereocenters. The standard InChI is InChI=1S/C20H17NO3/c1-21-12-11-14(13-23-15-7-3-2-4-8-15)18-19(21)16-9-5-6-10-17(16)24-20(18)22/h2-10,13H,11-12H2,1H3/b14-13+. The highest BCUT2D eigenvalue weighted by Crippen LogP contribution is 2.37. The molecule has 2 heterocycles. The monoisotopic (exact) mass is 319 g/mol. The molecule has 4 rings (SSSR count). The number of ether oxygens (including phenoxy) is 1. The summed E-state index contributed by atoms with van der Waals surface area (Å²) in [6.45, 7) is 0.824. The van der Waals surface area contributed by atoms with Crippen LogP contribution in [0.25, 0.3) is 16.5 Å². The smallest absolute Gasteiger partial charge is 0.346 e. The number of para-hydroxylation sites is 2. The third kappa shape index (κ3) is 2.46. The van der Waals surface area contributed by atoms with Gasteiger partial charge in [-0.2, -0.15) is 0 Å². The predicted octanol–water partition coefficient (Wildman–Crippen LogP) is 4.05. The molecule has 0 amide bonds. The van der Waals surface area contributed by atoms with Crippen molar-refractivity contribution < 1.29 is 9.15 Å². The fourth-order valence-electron chi connectivity index (χ4n) is 3.09. The van der Waals surface area contributed by atoms with E-state index >= 15 is 0 Å². The normalized spacial score (nSPS) is 15.5. The van der Waals surface area contributed by atoms with Crippen molar-refractivity contribution in [2.75, 3.05) is 18.5 Å². The molecular formula is C20H17NO3. The average Bonchev–Trinajstić information content (AvgIpc) is 2.62. The zero-order chi connectivity index (χ0) is 16.5. The minimum atomic E-state index is -0.321. The van der Waals surface area contributed by atoms with Crippen molar-refractivity contribution >= 4 is 22.2 Å². The van der Waals surface area contributed by atoms with Crippen molar-refractivity contribution in [3.05, 3.63) is 76.8 Å². The summed E-state index contributed by atoms with van der Waals surface area (Å²) < 4.78 is 11.3. The Hall–Kier alpha value is -3.01. The molecule has 0 radical (unpaired) electrons. The summed E-state index contributed by atoms with van der Waals surface area (Å²) in [6, 6.07) is 17.2. The first-order valence-corrected chi connectivity index (χ1v) is 7.92. The fraction of sp³-hybridized carbons (Fsp3) is 0.150. The number of anilines is 1. The van der Waals surface area contributed by atoms with E-state index in [1.807, 2.05) is 61.6 Å². The molecule has 2 aromatic carbocycles. The van der Waals surface area contributed by atoms with Crippen molar-refractivity contribution in [2.45, 2.75) is 6.42 Å². The zero-order valence-corrected chi connectivity index (χ0v) is 13.4. The van der Waals surface area contributed by atoms with E-state index in [1.54, 1.807) is 6.26 Å². The fourth-order valence-corrected chi connectivity index (χ4v) is 3.09. The maximum Gasteiger partial charge on any atom is 0.346 e. The summed E-state index contributed by atoms with van der Waals surface area (Å²) in [6.07, 6.45) is 2.41. The molecule has 3 aromatic rings. The van der Waals surface area contributed by atoms with E-state index in [2.05, 4.69) is 4.90 Å². The van der Waals surface area contributed by atoms with Gasteiger partial charge in [0.2, 0.25) is 0 Å². The lowest BCUT2D eigenvalue weighted by Crippen LogP contribution is -2.28. The van der Waals surface area contributed by atoms with E-state index in [9.17, 15) is 4.79 Å². The molecule has 0 saturated carbocycles. The third-order valence-corrected chi connectivity index (χ3v) is 4.29. The lowest BCUT2D eigenvalue weighted by molar-refractivity contribution is 0.480. The predicted molar refractivity (Wildman–Crippen MR) is 95.4 cm³/mol. The number of nitrogens with zero attached hydrogens (tertiary/aromatic N) is 1. The topological polar surface area (TPSA) is 42.7 Å². The molecule has 1 aromatic heterocycles. The molecule has 4 heteroatoms. The molecule has 24 heavy (non-hydrogen) atoms. The first kappa shape index (κ1) is 14.6. The average molecular weight is 319 g/mol. The van der Waals surface area contributed by atoms with Gasteiger partial charge in [0.05, 0.1) is 17.5 Å². The number of hydrogen-bond acceptors (Lipinski definition) is 4. The van der Waals surface area contributed by atoms with Crippen LogP contribution in [0.3, 0.4) is 0 Å².